The highest BCUT2D eigenvalue weighted by Crippen LogP contribution is 2.29. The van der Waals surface area contributed by atoms with Crippen LogP contribution in [0.3, 0.4) is 0 Å². The minimum atomic E-state index is 0.189. The molecule has 0 amide bonds. The van der Waals surface area contributed by atoms with Gasteiger partial charge in [0.1, 0.15) is 0 Å². The van der Waals surface area contributed by atoms with Gasteiger partial charge in [-0.1, -0.05) is 0 Å². The number of hydrogen-bond donors (Lipinski definition) is 0. The first-order chi connectivity index (χ1) is 11.7. The number of ether oxygens (including phenoxy) is 1. The van der Waals surface area contributed by atoms with Gasteiger partial charge in [-0.05, 0) is 6.92 Å². The molecule has 0 radical (unpaired) electrons. The largest absolute Gasteiger partial charge is 0.481 e. The number of aryl methyl sites for hydroxylation is 1. The molecule has 0 fully saturated rings. The van der Waals surface area contributed by atoms with Crippen molar-refractivity contribution in [2.45, 2.75) is 19.5 Å². The molecule has 0 unspecified atom stereocenters. The predicted molar refractivity (Wildman–Crippen MR) is 86.6 cm³/mol. The van der Waals surface area contributed by atoms with Crippen LogP contribution in [0.15, 0.2) is 24.7 Å². The number of rotatable bonds is 3. The molecule has 4 heterocycles. The Balaban J connectivity index is 1.67. The van der Waals surface area contributed by atoms with Gasteiger partial charge in [0, 0.05) is 32.1 Å². The highest BCUT2D eigenvalue weighted by molar-refractivity contribution is 5.53. The molecule has 0 saturated heterocycles. The van der Waals surface area contributed by atoms with Crippen molar-refractivity contribution in [1.82, 2.24) is 34.5 Å². The van der Waals surface area contributed by atoms with Crippen molar-refractivity contribution in [3.05, 3.63) is 30.5 Å². The molecule has 1 aliphatic rings. The quantitative estimate of drug-likeness (QED) is 0.711. The van der Waals surface area contributed by atoms with Crippen LogP contribution in [0.4, 0.5) is 5.95 Å². The maximum atomic E-state index is 5.19. The molecule has 0 aromatic carbocycles. The van der Waals surface area contributed by atoms with Crippen molar-refractivity contribution in [3.8, 4) is 17.3 Å². The van der Waals surface area contributed by atoms with Gasteiger partial charge < -0.3 is 14.2 Å². The molecule has 1 atom stereocenters. The fraction of sp³-hybridized carbons (Fsp3) is 0.400. The third-order valence-electron chi connectivity index (χ3n) is 4.10. The van der Waals surface area contributed by atoms with Crippen LogP contribution >= 0.6 is 0 Å². The summed E-state index contributed by atoms with van der Waals surface area (Å²) in [6, 6.07) is 1.92. The lowest BCUT2D eigenvalue weighted by Gasteiger charge is -2.32. The number of fused-ring (bicyclic) bond motifs is 1. The topological polar surface area (TPSA) is 86.8 Å². The Morgan fingerprint density at radius 1 is 1.29 bits per heavy atom. The zero-order valence-corrected chi connectivity index (χ0v) is 13.8. The van der Waals surface area contributed by atoms with E-state index in [4.69, 9.17) is 4.74 Å². The van der Waals surface area contributed by atoms with Crippen LogP contribution in [0, 0.1) is 0 Å². The van der Waals surface area contributed by atoms with Gasteiger partial charge in [0.25, 0.3) is 0 Å². The van der Waals surface area contributed by atoms with Crippen molar-refractivity contribution >= 4 is 5.95 Å². The van der Waals surface area contributed by atoms with E-state index >= 15 is 0 Å². The van der Waals surface area contributed by atoms with Crippen LogP contribution in [0.1, 0.15) is 18.8 Å². The minimum Gasteiger partial charge on any atom is -0.481 e. The van der Waals surface area contributed by atoms with Gasteiger partial charge >= 0.3 is 0 Å². The summed E-state index contributed by atoms with van der Waals surface area (Å²) < 4.78 is 9.11. The molecule has 4 rings (SSSR count). The molecular formula is C15H18N8O. The molecule has 0 saturated carbocycles. The first-order valence-electron chi connectivity index (χ1n) is 7.70. The second-order valence-corrected chi connectivity index (χ2v) is 5.84. The van der Waals surface area contributed by atoms with Gasteiger partial charge in [0.15, 0.2) is 11.6 Å². The lowest BCUT2D eigenvalue weighted by molar-refractivity contribution is 0.394. The Kier molecular flexibility index (Phi) is 3.40. The van der Waals surface area contributed by atoms with Crippen molar-refractivity contribution in [1.29, 1.82) is 0 Å². The number of nitrogens with zero attached hydrogens (tertiary/aromatic N) is 8. The van der Waals surface area contributed by atoms with E-state index in [1.807, 2.05) is 19.4 Å². The molecule has 0 N–H and O–H groups in total. The molecule has 24 heavy (non-hydrogen) atoms. The Bertz CT molecular complexity index is 870. The van der Waals surface area contributed by atoms with Gasteiger partial charge in [0.2, 0.25) is 11.8 Å². The molecule has 0 spiro atoms. The van der Waals surface area contributed by atoms with Crippen LogP contribution in [-0.4, -0.2) is 48.2 Å². The molecule has 0 bridgehead atoms. The van der Waals surface area contributed by atoms with Crippen molar-refractivity contribution < 1.29 is 4.74 Å². The van der Waals surface area contributed by atoms with E-state index in [0.29, 0.717) is 18.4 Å². The first kappa shape index (κ1) is 14.6. The predicted octanol–water partition coefficient (Wildman–Crippen LogP) is 1.06. The Labute approximate surface area is 138 Å². The average molecular weight is 326 g/mol. The summed E-state index contributed by atoms with van der Waals surface area (Å²) in [5, 5.41) is 12.9. The summed E-state index contributed by atoms with van der Waals surface area (Å²) >= 11 is 0. The smallest absolute Gasteiger partial charge is 0.229 e. The van der Waals surface area contributed by atoms with Gasteiger partial charge in [0.05, 0.1) is 31.5 Å². The number of aromatic nitrogens is 7. The Morgan fingerprint density at radius 3 is 2.92 bits per heavy atom. The van der Waals surface area contributed by atoms with E-state index in [1.54, 1.807) is 24.1 Å². The molecule has 9 nitrogen and oxygen atoms in total. The van der Waals surface area contributed by atoms with E-state index in [1.165, 1.54) is 0 Å². The highest BCUT2D eigenvalue weighted by atomic mass is 16.5. The second-order valence-electron chi connectivity index (χ2n) is 5.84. The van der Waals surface area contributed by atoms with E-state index in [9.17, 15) is 0 Å². The fourth-order valence-electron chi connectivity index (χ4n) is 3.01. The normalized spacial score (nSPS) is 17.0. The zero-order valence-electron chi connectivity index (χ0n) is 13.8. The maximum absolute atomic E-state index is 5.19. The van der Waals surface area contributed by atoms with Crippen LogP contribution in [0.5, 0.6) is 5.88 Å². The lowest BCUT2D eigenvalue weighted by atomic mass is 10.2. The van der Waals surface area contributed by atoms with E-state index in [-0.39, 0.29) is 6.04 Å². The third-order valence-corrected chi connectivity index (χ3v) is 4.10. The van der Waals surface area contributed by atoms with Crippen molar-refractivity contribution in [3.63, 3.8) is 0 Å². The molecular weight excluding hydrogens is 308 g/mol. The molecule has 3 aromatic heterocycles. The molecule has 1 aliphatic heterocycles. The van der Waals surface area contributed by atoms with Gasteiger partial charge in [-0.15, -0.1) is 10.2 Å². The van der Waals surface area contributed by atoms with Gasteiger partial charge in [-0.2, -0.15) is 10.1 Å². The van der Waals surface area contributed by atoms with Crippen LogP contribution in [0.2, 0.25) is 0 Å². The number of anilines is 1. The van der Waals surface area contributed by atoms with Crippen LogP contribution < -0.4 is 9.64 Å². The molecule has 9 heteroatoms. The second kappa shape index (κ2) is 5.59. The van der Waals surface area contributed by atoms with Crippen LogP contribution in [0.25, 0.3) is 11.4 Å². The van der Waals surface area contributed by atoms with Crippen molar-refractivity contribution in [2.75, 3.05) is 18.6 Å². The zero-order chi connectivity index (χ0) is 16.7. The summed E-state index contributed by atoms with van der Waals surface area (Å²) in [6.07, 6.45) is 5.45. The maximum Gasteiger partial charge on any atom is 0.229 e. The average Bonchev–Trinajstić information content (AvgIpc) is 3.21. The molecule has 124 valence electrons. The highest BCUT2D eigenvalue weighted by Gasteiger charge is 2.28. The molecule has 0 aliphatic carbocycles. The Hall–Kier alpha value is -2.97. The standard InChI is InChI=1S/C15H18N8O/c1-10-7-22(15-16-5-4-13(18-15)24-3)9-12-19-20-14(23(10)12)11-6-17-21(2)8-11/h4-6,8,10H,7,9H2,1-3H3/t10-/m0/s1. The summed E-state index contributed by atoms with van der Waals surface area (Å²) in [6.45, 7) is 3.51. The summed E-state index contributed by atoms with van der Waals surface area (Å²) in [5.74, 6) is 2.92. The first-order valence-corrected chi connectivity index (χ1v) is 7.70. The minimum absolute atomic E-state index is 0.189. The fourth-order valence-corrected chi connectivity index (χ4v) is 3.01. The number of hydrogen-bond acceptors (Lipinski definition) is 7. The van der Waals surface area contributed by atoms with Crippen LogP contribution in [-0.2, 0) is 13.6 Å². The van der Waals surface area contributed by atoms with E-state index in [2.05, 4.69) is 41.7 Å². The summed E-state index contributed by atoms with van der Waals surface area (Å²) in [7, 11) is 3.49. The van der Waals surface area contributed by atoms with E-state index in [0.717, 1.165) is 23.8 Å². The van der Waals surface area contributed by atoms with E-state index < -0.39 is 0 Å². The summed E-state index contributed by atoms with van der Waals surface area (Å²) in [5.41, 5.74) is 0.967. The van der Waals surface area contributed by atoms with Crippen molar-refractivity contribution in [2.24, 2.45) is 7.05 Å². The molecule has 3 aromatic rings. The SMILES string of the molecule is COc1ccnc(N2Cc3nnc(-c4cnn(C)c4)n3[C@@H](C)C2)n1. The van der Waals surface area contributed by atoms with Gasteiger partial charge in [-0.25, -0.2) is 4.98 Å². The summed E-state index contributed by atoms with van der Waals surface area (Å²) in [4.78, 5) is 10.9. The van der Waals surface area contributed by atoms with Gasteiger partial charge in [-0.3, -0.25) is 4.68 Å². The monoisotopic (exact) mass is 326 g/mol. The lowest BCUT2D eigenvalue weighted by Crippen LogP contribution is -2.37. The number of methoxy groups -OCH3 is 1. The Morgan fingerprint density at radius 2 is 2.17 bits per heavy atom. The third kappa shape index (κ3) is 2.38.